The van der Waals surface area contributed by atoms with Gasteiger partial charge in [-0.2, -0.15) is 0 Å². The van der Waals surface area contributed by atoms with E-state index >= 15 is 0 Å². The Bertz CT molecular complexity index is 530. The first-order valence-electron chi connectivity index (χ1n) is 7.59. The van der Waals surface area contributed by atoms with E-state index in [-0.39, 0.29) is 10.6 Å². The topological polar surface area (TPSA) is 58.4 Å². The van der Waals surface area contributed by atoms with Crippen molar-refractivity contribution in [3.8, 4) is 0 Å². The van der Waals surface area contributed by atoms with Gasteiger partial charge in [0.05, 0.1) is 4.92 Å². The second kappa shape index (κ2) is 6.43. The normalized spacial score (nSPS) is 21.0. The maximum absolute atomic E-state index is 11.0. The number of hydrogen-bond acceptors (Lipinski definition) is 4. The number of likely N-dealkylation sites (tertiary alicyclic amines) is 1. The van der Waals surface area contributed by atoms with Gasteiger partial charge in [0.25, 0.3) is 5.69 Å². The van der Waals surface area contributed by atoms with E-state index in [1.807, 2.05) is 13.0 Å². The first kappa shape index (κ1) is 15.8. The van der Waals surface area contributed by atoms with Crippen LogP contribution in [0.15, 0.2) is 12.1 Å². The summed E-state index contributed by atoms with van der Waals surface area (Å²) in [5, 5.41) is 14.5. The van der Waals surface area contributed by atoms with Gasteiger partial charge in [-0.15, -0.1) is 0 Å². The maximum Gasteiger partial charge on any atom is 0.272 e. The van der Waals surface area contributed by atoms with Crippen LogP contribution < -0.4 is 5.32 Å². The molecule has 1 saturated heterocycles. The molecule has 1 aliphatic heterocycles. The molecule has 0 radical (unpaired) electrons. The van der Waals surface area contributed by atoms with Crippen LogP contribution in [0.25, 0.3) is 0 Å². The zero-order valence-corrected chi connectivity index (χ0v) is 13.3. The molecule has 1 heterocycles. The fraction of sp³-hybridized carbons (Fsp3) is 0.625. The summed E-state index contributed by atoms with van der Waals surface area (Å²) in [5.41, 5.74) is 2.85. The summed E-state index contributed by atoms with van der Waals surface area (Å²) >= 11 is 0. The van der Waals surface area contributed by atoms with Gasteiger partial charge in [0, 0.05) is 29.9 Å². The molecule has 21 heavy (non-hydrogen) atoms. The summed E-state index contributed by atoms with van der Waals surface area (Å²) in [6.07, 6.45) is 2.48. The highest BCUT2D eigenvalue weighted by atomic mass is 16.6. The summed E-state index contributed by atoms with van der Waals surface area (Å²) in [6.45, 7) is 8.22. The first-order chi connectivity index (χ1) is 9.88. The molecular weight excluding hydrogens is 266 g/mol. The number of piperidine rings is 1. The van der Waals surface area contributed by atoms with Crippen molar-refractivity contribution in [2.45, 2.75) is 39.7 Å². The molecule has 2 atom stereocenters. The minimum Gasteiger partial charge on any atom is -0.382 e. The van der Waals surface area contributed by atoms with E-state index in [1.165, 1.54) is 19.4 Å². The minimum absolute atomic E-state index is 0.197. The average molecular weight is 291 g/mol. The van der Waals surface area contributed by atoms with Crippen LogP contribution in [-0.4, -0.2) is 36.0 Å². The third-order valence-corrected chi connectivity index (χ3v) is 4.49. The number of hydrogen-bond donors (Lipinski definition) is 1. The molecule has 0 amide bonds. The van der Waals surface area contributed by atoms with E-state index in [0.717, 1.165) is 17.8 Å². The van der Waals surface area contributed by atoms with Gasteiger partial charge < -0.3 is 10.2 Å². The monoisotopic (exact) mass is 291 g/mol. The Morgan fingerprint density at radius 2 is 2.10 bits per heavy atom. The van der Waals surface area contributed by atoms with Crippen molar-refractivity contribution in [2.24, 2.45) is 5.92 Å². The van der Waals surface area contributed by atoms with Gasteiger partial charge >= 0.3 is 0 Å². The van der Waals surface area contributed by atoms with Crippen molar-refractivity contribution >= 4 is 11.4 Å². The second-order valence-corrected chi connectivity index (χ2v) is 6.31. The molecule has 1 fully saturated rings. The SMILES string of the molecule is Cc1cc([N+](=O)[O-])c(C)cc1NC(C)C1CCCN(C)C1. The molecule has 1 aromatic carbocycles. The molecular formula is C16H25N3O2. The zero-order valence-electron chi connectivity index (χ0n) is 13.3. The van der Waals surface area contributed by atoms with Gasteiger partial charge in [-0.25, -0.2) is 0 Å². The molecule has 1 aromatic rings. The number of benzene rings is 1. The Morgan fingerprint density at radius 3 is 2.71 bits per heavy atom. The van der Waals surface area contributed by atoms with E-state index in [9.17, 15) is 10.1 Å². The highest BCUT2D eigenvalue weighted by molar-refractivity contribution is 5.59. The number of nitrogens with one attached hydrogen (secondary N) is 1. The third-order valence-electron chi connectivity index (χ3n) is 4.49. The predicted molar refractivity (Wildman–Crippen MR) is 85.9 cm³/mol. The molecule has 1 aliphatic rings. The fourth-order valence-electron chi connectivity index (χ4n) is 3.13. The van der Waals surface area contributed by atoms with Crippen LogP contribution in [0.4, 0.5) is 11.4 Å². The van der Waals surface area contributed by atoms with Gasteiger partial charge in [0.15, 0.2) is 0 Å². The molecule has 5 heteroatoms. The highest BCUT2D eigenvalue weighted by Crippen LogP contribution is 2.28. The molecule has 0 bridgehead atoms. The van der Waals surface area contributed by atoms with Crippen molar-refractivity contribution in [1.29, 1.82) is 0 Å². The molecule has 1 N–H and O–H groups in total. The van der Waals surface area contributed by atoms with Crippen LogP contribution in [-0.2, 0) is 0 Å². The molecule has 0 aliphatic carbocycles. The molecule has 0 aromatic heterocycles. The molecule has 0 saturated carbocycles. The molecule has 2 unspecified atom stereocenters. The zero-order chi connectivity index (χ0) is 15.6. The Balaban J connectivity index is 2.12. The van der Waals surface area contributed by atoms with Crippen molar-refractivity contribution in [2.75, 3.05) is 25.5 Å². The minimum atomic E-state index is -0.314. The largest absolute Gasteiger partial charge is 0.382 e. The summed E-state index contributed by atoms with van der Waals surface area (Å²) < 4.78 is 0. The van der Waals surface area contributed by atoms with Crippen LogP contribution in [0.5, 0.6) is 0 Å². The lowest BCUT2D eigenvalue weighted by Crippen LogP contribution is -2.40. The second-order valence-electron chi connectivity index (χ2n) is 6.31. The lowest BCUT2D eigenvalue weighted by molar-refractivity contribution is -0.385. The highest BCUT2D eigenvalue weighted by Gasteiger charge is 2.23. The number of anilines is 1. The van der Waals surface area contributed by atoms with Crippen molar-refractivity contribution in [3.05, 3.63) is 33.4 Å². The van der Waals surface area contributed by atoms with Crippen LogP contribution in [0.1, 0.15) is 30.9 Å². The third kappa shape index (κ3) is 3.73. The number of nitro groups is 1. The molecule has 116 valence electrons. The molecule has 2 rings (SSSR count). The van der Waals surface area contributed by atoms with Crippen molar-refractivity contribution < 1.29 is 4.92 Å². The summed E-state index contributed by atoms with van der Waals surface area (Å²) in [4.78, 5) is 13.0. The van der Waals surface area contributed by atoms with E-state index in [2.05, 4.69) is 24.2 Å². The fourth-order valence-corrected chi connectivity index (χ4v) is 3.13. The Hall–Kier alpha value is -1.62. The van der Waals surface area contributed by atoms with E-state index in [0.29, 0.717) is 17.5 Å². The van der Waals surface area contributed by atoms with E-state index < -0.39 is 0 Å². The van der Waals surface area contributed by atoms with Gasteiger partial charge in [-0.1, -0.05) is 0 Å². The van der Waals surface area contributed by atoms with Crippen LogP contribution in [0.3, 0.4) is 0 Å². The smallest absolute Gasteiger partial charge is 0.272 e. The van der Waals surface area contributed by atoms with Crippen LogP contribution >= 0.6 is 0 Å². The first-order valence-corrected chi connectivity index (χ1v) is 7.59. The average Bonchev–Trinajstić information content (AvgIpc) is 2.42. The number of aryl methyl sites for hydroxylation is 2. The summed E-state index contributed by atoms with van der Waals surface area (Å²) in [5.74, 6) is 0.624. The molecule has 5 nitrogen and oxygen atoms in total. The summed E-state index contributed by atoms with van der Waals surface area (Å²) in [7, 11) is 2.17. The van der Waals surface area contributed by atoms with Gasteiger partial charge in [-0.3, -0.25) is 10.1 Å². The lowest BCUT2D eigenvalue weighted by atomic mass is 9.91. The van der Waals surface area contributed by atoms with Crippen molar-refractivity contribution in [1.82, 2.24) is 4.90 Å². The Morgan fingerprint density at radius 1 is 1.38 bits per heavy atom. The predicted octanol–water partition coefficient (Wildman–Crippen LogP) is 3.35. The maximum atomic E-state index is 11.0. The number of nitro benzene ring substituents is 1. The van der Waals surface area contributed by atoms with Crippen molar-refractivity contribution in [3.63, 3.8) is 0 Å². The van der Waals surface area contributed by atoms with E-state index in [1.54, 1.807) is 13.0 Å². The van der Waals surface area contributed by atoms with Crippen LogP contribution in [0, 0.1) is 29.9 Å². The van der Waals surface area contributed by atoms with E-state index in [4.69, 9.17) is 0 Å². The number of nitrogens with zero attached hydrogens (tertiary/aromatic N) is 2. The molecule has 0 spiro atoms. The number of rotatable bonds is 4. The van der Waals surface area contributed by atoms with Gasteiger partial charge in [0.2, 0.25) is 0 Å². The van der Waals surface area contributed by atoms with Crippen LogP contribution in [0.2, 0.25) is 0 Å². The lowest BCUT2D eigenvalue weighted by Gasteiger charge is -2.34. The standard InChI is InChI=1S/C16H25N3O2/c1-11-9-16(19(20)21)12(2)8-15(11)17-13(3)14-6-5-7-18(4)10-14/h8-9,13-14,17H,5-7,10H2,1-4H3. The Labute approximate surface area is 126 Å². The van der Waals surface area contributed by atoms with Gasteiger partial charge in [-0.05, 0) is 64.8 Å². The Kier molecular flexibility index (Phi) is 4.83. The quantitative estimate of drug-likeness (QED) is 0.682. The van der Waals surface area contributed by atoms with Gasteiger partial charge in [0.1, 0.15) is 0 Å². The summed E-state index contributed by atoms with van der Waals surface area (Å²) in [6, 6.07) is 3.93.